The van der Waals surface area contributed by atoms with Crippen LogP contribution in [0.2, 0.25) is 0 Å². The molecule has 2 rings (SSSR count). The molecule has 0 N–H and O–H groups in total. The summed E-state index contributed by atoms with van der Waals surface area (Å²) in [5.41, 5.74) is 5.89. The third-order valence-electron chi connectivity index (χ3n) is 1.66. The normalized spacial score (nSPS) is 14.2. The van der Waals surface area contributed by atoms with Crippen LogP contribution in [-0.2, 0) is 0 Å². The highest BCUT2D eigenvalue weighted by Crippen LogP contribution is 2.07. The van der Waals surface area contributed by atoms with Gasteiger partial charge in [-0.25, -0.2) is 4.99 Å². The highest BCUT2D eigenvalue weighted by molar-refractivity contribution is 6.05. The zero-order chi connectivity index (χ0) is 8.39. The minimum absolute atomic E-state index is 0.693. The van der Waals surface area contributed by atoms with Crippen LogP contribution in [0.1, 0.15) is 11.1 Å². The van der Waals surface area contributed by atoms with Crippen LogP contribution in [0.5, 0.6) is 0 Å². The number of hydrogen-bond donors (Lipinski definition) is 0. The lowest BCUT2D eigenvalue weighted by molar-refractivity contribution is 1.06. The quantitative estimate of drug-likeness (QED) is 0.591. The zero-order valence-electron chi connectivity index (χ0n) is 6.73. The maximum Gasteiger partial charge on any atom is 0.183 e. The zero-order valence-corrected chi connectivity index (χ0v) is 6.73. The van der Waals surface area contributed by atoms with Gasteiger partial charge in [-0.2, -0.15) is 0 Å². The first kappa shape index (κ1) is 7.03. The molecule has 0 aliphatic carbocycles. The van der Waals surface area contributed by atoms with Crippen molar-refractivity contribution < 1.29 is 0 Å². The van der Waals surface area contributed by atoms with E-state index in [1.165, 1.54) is 11.9 Å². The van der Waals surface area contributed by atoms with Crippen molar-refractivity contribution >= 4 is 12.2 Å². The second-order valence-corrected chi connectivity index (χ2v) is 2.65. The predicted molar refractivity (Wildman–Crippen MR) is 48.3 cm³/mol. The molecule has 1 radical (unpaired) electrons. The van der Waals surface area contributed by atoms with E-state index < -0.39 is 0 Å². The third kappa shape index (κ3) is 1.21. The molecule has 3 heteroatoms. The molecule has 1 aliphatic rings. The van der Waals surface area contributed by atoms with Gasteiger partial charge in [0.2, 0.25) is 0 Å². The van der Waals surface area contributed by atoms with Gasteiger partial charge in [0, 0.05) is 5.56 Å². The second kappa shape index (κ2) is 2.77. The Labute approximate surface area is 70.8 Å². The number of hydrogen-bond acceptors (Lipinski definition) is 2. The van der Waals surface area contributed by atoms with Gasteiger partial charge in [0.1, 0.15) is 6.34 Å². The lowest BCUT2D eigenvalue weighted by Gasteiger charge is -1.96. The average Bonchev–Trinajstić information content (AvgIpc) is 2.56. The van der Waals surface area contributed by atoms with Crippen LogP contribution in [0.15, 0.2) is 34.4 Å². The van der Waals surface area contributed by atoms with E-state index in [0.717, 1.165) is 5.56 Å². The van der Waals surface area contributed by atoms with Crippen LogP contribution < -0.4 is 5.43 Å². The first-order valence-corrected chi connectivity index (χ1v) is 3.73. The summed E-state index contributed by atoms with van der Waals surface area (Å²) in [5.74, 6) is 0.693. The van der Waals surface area contributed by atoms with Crippen molar-refractivity contribution in [2.75, 3.05) is 0 Å². The molecule has 1 aliphatic heterocycles. The lowest BCUT2D eigenvalue weighted by atomic mass is 10.1. The topological polar surface area (TPSA) is 38.8 Å². The number of aryl methyl sites for hydroxylation is 1. The molecular formula is C9H8N3. The van der Waals surface area contributed by atoms with Crippen LogP contribution >= 0.6 is 0 Å². The monoisotopic (exact) mass is 158 g/mol. The Morgan fingerprint density at radius 3 is 2.83 bits per heavy atom. The summed E-state index contributed by atoms with van der Waals surface area (Å²) in [5, 5.41) is 3.87. The Hall–Kier alpha value is -1.64. The number of amidine groups is 1. The Balaban J connectivity index is 2.40. The smallest absolute Gasteiger partial charge is 0.183 e. The van der Waals surface area contributed by atoms with E-state index in [2.05, 4.69) is 15.5 Å². The van der Waals surface area contributed by atoms with Crippen LogP contribution in [0.3, 0.4) is 0 Å². The van der Waals surface area contributed by atoms with E-state index in [-0.39, 0.29) is 0 Å². The van der Waals surface area contributed by atoms with Crippen LogP contribution in [0.4, 0.5) is 0 Å². The van der Waals surface area contributed by atoms with Gasteiger partial charge in [-0.3, -0.25) is 0 Å². The first-order chi connectivity index (χ1) is 5.86. The number of benzene rings is 1. The lowest BCUT2D eigenvalue weighted by Crippen LogP contribution is -1.94. The first-order valence-electron chi connectivity index (χ1n) is 3.73. The SMILES string of the molecule is Cc1cccc(C2=N[N]C=N2)c1. The van der Waals surface area contributed by atoms with Crippen LogP contribution in [0, 0.1) is 6.92 Å². The molecule has 0 atom stereocenters. The van der Waals surface area contributed by atoms with Gasteiger partial charge < -0.3 is 0 Å². The Bertz CT molecular complexity index is 353. The molecule has 1 aromatic carbocycles. The van der Waals surface area contributed by atoms with Crippen molar-refractivity contribution in [1.82, 2.24) is 5.43 Å². The Morgan fingerprint density at radius 1 is 1.25 bits per heavy atom. The number of aliphatic imine (C=N–C) groups is 1. The highest BCUT2D eigenvalue weighted by Gasteiger charge is 2.04. The molecule has 0 saturated carbocycles. The number of rotatable bonds is 1. The molecule has 0 spiro atoms. The fourth-order valence-corrected chi connectivity index (χ4v) is 1.10. The molecule has 1 heterocycles. The summed E-state index contributed by atoms with van der Waals surface area (Å²) in [7, 11) is 0. The van der Waals surface area contributed by atoms with Crippen molar-refractivity contribution in [2.24, 2.45) is 10.1 Å². The van der Waals surface area contributed by atoms with E-state index in [1.807, 2.05) is 31.2 Å². The van der Waals surface area contributed by atoms with Crippen LogP contribution in [-0.4, -0.2) is 12.2 Å². The fourth-order valence-electron chi connectivity index (χ4n) is 1.10. The molecule has 0 fully saturated rings. The highest BCUT2D eigenvalue weighted by atomic mass is 15.4. The van der Waals surface area contributed by atoms with Crippen molar-refractivity contribution in [3.8, 4) is 0 Å². The van der Waals surface area contributed by atoms with E-state index in [4.69, 9.17) is 0 Å². The van der Waals surface area contributed by atoms with Crippen LogP contribution in [0.25, 0.3) is 0 Å². The maximum atomic E-state index is 4.01. The largest absolute Gasteiger partial charge is 0.213 e. The molecule has 12 heavy (non-hydrogen) atoms. The molecule has 0 bridgehead atoms. The summed E-state index contributed by atoms with van der Waals surface area (Å²) >= 11 is 0. The minimum atomic E-state index is 0.693. The van der Waals surface area contributed by atoms with Crippen molar-refractivity contribution in [3.05, 3.63) is 35.4 Å². The molecule has 0 saturated heterocycles. The van der Waals surface area contributed by atoms with E-state index >= 15 is 0 Å². The Kier molecular flexibility index (Phi) is 1.63. The summed E-state index contributed by atoms with van der Waals surface area (Å²) in [6.45, 7) is 2.04. The molecule has 0 unspecified atom stereocenters. The molecular weight excluding hydrogens is 150 g/mol. The fraction of sp³-hybridized carbons (Fsp3) is 0.111. The van der Waals surface area contributed by atoms with Gasteiger partial charge in [-0.15, -0.1) is 10.5 Å². The van der Waals surface area contributed by atoms with E-state index in [9.17, 15) is 0 Å². The molecule has 3 nitrogen and oxygen atoms in total. The van der Waals surface area contributed by atoms with Gasteiger partial charge >= 0.3 is 0 Å². The van der Waals surface area contributed by atoms with E-state index in [1.54, 1.807) is 0 Å². The molecule has 59 valence electrons. The standard InChI is InChI=1S/C9H8N3/c1-7-3-2-4-8(5-7)9-10-6-11-12-9/h2-6H,1H3. The predicted octanol–water partition coefficient (Wildman–Crippen LogP) is 1.30. The average molecular weight is 158 g/mol. The number of nitrogens with zero attached hydrogens (tertiary/aromatic N) is 3. The van der Waals surface area contributed by atoms with Gasteiger partial charge in [-0.05, 0) is 13.0 Å². The maximum absolute atomic E-state index is 4.01. The summed E-state index contributed by atoms with van der Waals surface area (Å²) in [4.78, 5) is 4.01. The minimum Gasteiger partial charge on any atom is -0.213 e. The van der Waals surface area contributed by atoms with Gasteiger partial charge in [0.25, 0.3) is 0 Å². The van der Waals surface area contributed by atoms with Crippen molar-refractivity contribution in [3.63, 3.8) is 0 Å². The Morgan fingerprint density at radius 2 is 2.17 bits per heavy atom. The molecule has 0 aromatic heterocycles. The molecule has 0 amide bonds. The van der Waals surface area contributed by atoms with Gasteiger partial charge in [0.15, 0.2) is 5.84 Å². The van der Waals surface area contributed by atoms with Crippen molar-refractivity contribution in [2.45, 2.75) is 6.92 Å². The summed E-state index contributed by atoms with van der Waals surface area (Å²) < 4.78 is 0. The van der Waals surface area contributed by atoms with Crippen molar-refractivity contribution in [1.29, 1.82) is 0 Å². The second-order valence-electron chi connectivity index (χ2n) is 2.65. The third-order valence-corrected chi connectivity index (χ3v) is 1.66. The van der Waals surface area contributed by atoms with E-state index in [0.29, 0.717) is 5.84 Å². The van der Waals surface area contributed by atoms with Gasteiger partial charge in [-0.1, -0.05) is 23.8 Å². The molecule has 1 aromatic rings. The summed E-state index contributed by atoms with van der Waals surface area (Å²) in [6.07, 6.45) is 1.46. The summed E-state index contributed by atoms with van der Waals surface area (Å²) in [6, 6.07) is 8.04. The van der Waals surface area contributed by atoms with Gasteiger partial charge in [0.05, 0.1) is 0 Å².